The number of nitrogens with zero attached hydrogens (tertiary/aromatic N) is 2. The van der Waals surface area contributed by atoms with Crippen LogP contribution in [0.1, 0.15) is 67.4 Å². The molecule has 2 N–H and O–H groups in total. The summed E-state index contributed by atoms with van der Waals surface area (Å²) in [4.78, 5) is 23.0. The fourth-order valence-corrected chi connectivity index (χ4v) is 2.97. The van der Waals surface area contributed by atoms with Gasteiger partial charge in [0.1, 0.15) is 0 Å². The molecule has 0 aromatic carbocycles. The number of aromatic nitrogens is 2. The predicted octanol–water partition coefficient (Wildman–Crippen LogP) is 2.06. The van der Waals surface area contributed by atoms with Crippen LogP contribution < -0.4 is 5.32 Å². The van der Waals surface area contributed by atoms with E-state index in [9.17, 15) is 9.59 Å². The van der Waals surface area contributed by atoms with Gasteiger partial charge in [0.05, 0.1) is 17.7 Å². The molecule has 6 nitrogen and oxygen atoms in total. The van der Waals surface area contributed by atoms with Crippen LogP contribution in [-0.2, 0) is 11.8 Å². The Bertz CT molecular complexity index is 518. The summed E-state index contributed by atoms with van der Waals surface area (Å²) in [5.41, 5.74) is 1.44. The largest absolute Gasteiger partial charge is 0.481 e. The highest BCUT2D eigenvalue weighted by atomic mass is 16.4. The average molecular weight is 293 g/mol. The number of carboxylic acids is 1. The van der Waals surface area contributed by atoms with E-state index in [1.807, 2.05) is 7.05 Å². The number of carbonyl (C=O) groups excluding carboxylic acids is 1. The second kappa shape index (κ2) is 6.74. The lowest BCUT2D eigenvalue weighted by Gasteiger charge is -2.21. The van der Waals surface area contributed by atoms with E-state index in [2.05, 4.69) is 10.4 Å². The van der Waals surface area contributed by atoms with Crippen LogP contribution in [0, 0.1) is 0 Å². The first-order chi connectivity index (χ1) is 9.97. The van der Waals surface area contributed by atoms with Crippen LogP contribution in [0.4, 0.5) is 0 Å². The molecular weight excluding hydrogens is 270 g/mol. The molecule has 1 heterocycles. The highest BCUT2D eigenvalue weighted by Gasteiger charge is 2.25. The van der Waals surface area contributed by atoms with Crippen molar-refractivity contribution in [2.75, 3.05) is 0 Å². The molecule has 0 aliphatic heterocycles. The Kier molecular flexibility index (Phi) is 4.98. The van der Waals surface area contributed by atoms with E-state index < -0.39 is 12.0 Å². The molecule has 1 saturated carbocycles. The summed E-state index contributed by atoms with van der Waals surface area (Å²) in [7, 11) is 1.81. The van der Waals surface area contributed by atoms with E-state index in [-0.39, 0.29) is 12.3 Å². The van der Waals surface area contributed by atoms with Crippen LogP contribution in [0.3, 0.4) is 0 Å². The molecule has 1 aliphatic carbocycles. The van der Waals surface area contributed by atoms with Gasteiger partial charge in [-0.25, -0.2) is 0 Å². The van der Waals surface area contributed by atoms with Crippen molar-refractivity contribution < 1.29 is 14.7 Å². The molecule has 1 atom stereocenters. The third-order valence-electron chi connectivity index (χ3n) is 3.95. The number of rotatable bonds is 5. The van der Waals surface area contributed by atoms with Gasteiger partial charge in [-0.15, -0.1) is 0 Å². The molecule has 1 fully saturated rings. The third-order valence-corrected chi connectivity index (χ3v) is 3.95. The summed E-state index contributed by atoms with van der Waals surface area (Å²) in [6, 6.07) is -0.394. The van der Waals surface area contributed by atoms with E-state index in [1.165, 1.54) is 19.3 Å². The molecule has 21 heavy (non-hydrogen) atoms. The second-order valence-corrected chi connectivity index (χ2v) is 5.91. The Balaban J connectivity index is 2.11. The molecular formula is C15H23N3O3. The molecule has 116 valence electrons. The minimum atomic E-state index is -0.915. The van der Waals surface area contributed by atoms with Gasteiger partial charge in [0.25, 0.3) is 5.91 Å². The molecule has 0 radical (unpaired) electrons. The Labute approximate surface area is 124 Å². The quantitative estimate of drug-likeness (QED) is 0.870. The summed E-state index contributed by atoms with van der Waals surface area (Å²) < 4.78 is 1.67. The minimum Gasteiger partial charge on any atom is -0.481 e. The Morgan fingerprint density at radius 1 is 1.43 bits per heavy atom. The number of hydrogen-bond donors (Lipinski definition) is 2. The van der Waals surface area contributed by atoms with Gasteiger partial charge in [0, 0.05) is 25.2 Å². The zero-order valence-electron chi connectivity index (χ0n) is 12.6. The van der Waals surface area contributed by atoms with Crippen LogP contribution in [0.15, 0.2) is 6.20 Å². The fraction of sp³-hybridized carbons (Fsp3) is 0.667. The van der Waals surface area contributed by atoms with Gasteiger partial charge >= 0.3 is 5.97 Å². The lowest BCUT2D eigenvalue weighted by Crippen LogP contribution is -2.34. The summed E-state index contributed by atoms with van der Waals surface area (Å²) in [6.07, 6.45) is 7.40. The van der Waals surface area contributed by atoms with Gasteiger partial charge in [-0.1, -0.05) is 19.3 Å². The molecule has 6 heteroatoms. The monoisotopic (exact) mass is 293 g/mol. The maximum absolute atomic E-state index is 12.4. The van der Waals surface area contributed by atoms with Crippen molar-refractivity contribution in [1.82, 2.24) is 15.1 Å². The molecule has 1 unspecified atom stereocenters. The molecule has 1 amide bonds. The van der Waals surface area contributed by atoms with E-state index in [1.54, 1.807) is 17.8 Å². The van der Waals surface area contributed by atoms with Crippen LogP contribution in [0.25, 0.3) is 0 Å². The molecule has 1 aromatic rings. The van der Waals surface area contributed by atoms with Crippen molar-refractivity contribution in [3.63, 3.8) is 0 Å². The van der Waals surface area contributed by atoms with Crippen LogP contribution in [0.5, 0.6) is 0 Å². The normalized spacial score (nSPS) is 17.4. The smallest absolute Gasteiger partial charge is 0.305 e. The van der Waals surface area contributed by atoms with Crippen molar-refractivity contribution in [3.05, 3.63) is 17.5 Å². The number of carboxylic acid groups (broad SMARTS) is 1. The van der Waals surface area contributed by atoms with Crippen LogP contribution in [-0.4, -0.2) is 32.8 Å². The number of aryl methyl sites for hydroxylation is 1. The molecule has 1 aliphatic rings. The predicted molar refractivity (Wildman–Crippen MR) is 78.2 cm³/mol. The Hall–Kier alpha value is -1.85. The fourth-order valence-electron chi connectivity index (χ4n) is 2.97. The highest BCUT2D eigenvalue weighted by Crippen LogP contribution is 2.33. The Morgan fingerprint density at radius 3 is 2.71 bits per heavy atom. The molecule has 2 rings (SSSR count). The van der Waals surface area contributed by atoms with E-state index in [0.717, 1.165) is 18.5 Å². The zero-order chi connectivity index (χ0) is 15.4. The Morgan fingerprint density at radius 2 is 2.10 bits per heavy atom. The van der Waals surface area contributed by atoms with Crippen molar-refractivity contribution >= 4 is 11.9 Å². The van der Waals surface area contributed by atoms with Gasteiger partial charge in [0.2, 0.25) is 0 Å². The average Bonchev–Trinajstić information content (AvgIpc) is 2.81. The van der Waals surface area contributed by atoms with E-state index in [0.29, 0.717) is 11.5 Å². The topological polar surface area (TPSA) is 84.2 Å². The van der Waals surface area contributed by atoms with E-state index >= 15 is 0 Å². The number of amides is 1. The van der Waals surface area contributed by atoms with Crippen molar-refractivity contribution in [3.8, 4) is 0 Å². The zero-order valence-corrected chi connectivity index (χ0v) is 12.6. The molecule has 1 aromatic heterocycles. The second-order valence-electron chi connectivity index (χ2n) is 5.91. The van der Waals surface area contributed by atoms with Crippen LogP contribution >= 0.6 is 0 Å². The van der Waals surface area contributed by atoms with Gasteiger partial charge in [-0.05, 0) is 19.8 Å². The number of nitrogens with one attached hydrogen (secondary N) is 1. The first-order valence-corrected chi connectivity index (χ1v) is 7.53. The lowest BCUT2D eigenvalue weighted by molar-refractivity contribution is -0.137. The lowest BCUT2D eigenvalue weighted by atomic mass is 9.85. The maximum Gasteiger partial charge on any atom is 0.305 e. The van der Waals surface area contributed by atoms with E-state index in [4.69, 9.17) is 5.11 Å². The summed E-state index contributed by atoms with van der Waals surface area (Å²) in [6.45, 7) is 1.70. The summed E-state index contributed by atoms with van der Waals surface area (Å²) >= 11 is 0. The SMILES string of the molecule is CC(CC(=O)O)NC(=O)c1cn(C)nc1C1CCCCC1. The van der Waals surface area contributed by atoms with Gasteiger partial charge < -0.3 is 10.4 Å². The number of hydrogen-bond acceptors (Lipinski definition) is 3. The maximum atomic E-state index is 12.4. The summed E-state index contributed by atoms with van der Waals surface area (Å²) in [5, 5.41) is 16.0. The van der Waals surface area contributed by atoms with Gasteiger partial charge in [-0.2, -0.15) is 5.10 Å². The highest BCUT2D eigenvalue weighted by molar-refractivity contribution is 5.95. The summed E-state index contributed by atoms with van der Waals surface area (Å²) in [5.74, 6) is -0.797. The number of carbonyl (C=O) groups is 2. The molecule has 0 spiro atoms. The molecule has 0 bridgehead atoms. The number of aliphatic carboxylic acids is 1. The molecule has 0 saturated heterocycles. The van der Waals surface area contributed by atoms with Crippen molar-refractivity contribution in [2.45, 2.75) is 57.4 Å². The van der Waals surface area contributed by atoms with Crippen molar-refractivity contribution in [2.24, 2.45) is 7.05 Å². The van der Waals surface area contributed by atoms with Crippen molar-refractivity contribution in [1.29, 1.82) is 0 Å². The van der Waals surface area contributed by atoms with Gasteiger partial charge in [-0.3, -0.25) is 14.3 Å². The van der Waals surface area contributed by atoms with Crippen LogP contribution in [0.2, 0.25) is 0 Å². The standard InChI is InChI=1S/C15H23N3O3/c1-10(8-13(19)20)16-15(21)12-9-18(2)17-14(12)11-6-4-3-5-7-11/h9-11H,3-8H2,1-2H3,(H,16,21)(H,19,20). The third kappa shape index (κ3) is 4.06. The van der Waals surface area contributed by atoms with Gasteiger partial charge in [0.15, 0.2) is 0 Å². The first kappa shape index (κ1) is 15.5. The minimum absolute atomic E-state index is 0.0786. The first-order valence-electron chi connectivity index (χ1n) is 7.53.